The summed E-state index contributed by atoms with van der Waals surface area (Å²) in [5.74, 6) is 0.200. The van der Waals surface area contributed by atoms with Crippen LogP contribution in [0.1, 0.15) is 29.5 Å². The van der Waals surface area contributed by atoms with Gasteiger partial charge in [-0.15, -0.1) is 0 Å². The molecule has 2 aromatic rings. The van der Waals surface area contributed by atoms with Crippen molar-refractivity contribution in [3.05, 3.63) is 52.9 Å². The van der Waals surface area contributed by atoms with E-state index in [0.717, 1.165) is 18.4 Å². The average molecular weight is 294 g/mol. The van der Waals surface area contributed by atoms with E-state index >= 15 is 0 Å². The van der Waals surface area contributed by atoms with Crippen molar-refractivity contribution in [3.63, 3.8) is 0 Å². The van der Waals surface area contributed by atoms with Gasteiger partial charge in [-0.1, -0.05) is 12.1 Å². The Balaban J connectivity index is 1.82. The van der Waals surface area contributed by atoms with Crippen LogP contribution in [-0.4, -0.2) is 17.1 Å². The number of nitrogens with one attached hydrogen (secondary N) is 1. The summed E-state index contributed by atoms with van der Waals surface area (Å²) in [6, 6.07) is 10.2. The SMILES string of the molecule is CC(CCc1ccc(O)cc1)NC(=O)c1ccc(Cl)o1. The Bertz CT molecular complexity index is 577. The second-order valence-corrected chi connectivity index (χ2v) is 5.06. The minimum Gasteiger partial charge on any atom is -0.508 e. The number of carbonyl (C=O) groups excluding carboxylic acids is 1. The lowest BCUT2D eigenvalue weighted by Gasteiger charge is -2.12. The van der Waals surface area contributed by atoms with Gasteiger partial charge >= 0.3 is 0 Å². The number of halogens is 1. The standard InChI is InChI=1S/C15H16ClNO3/c1-10(2-3-11-4-6-12(18)7-5-11)17-15(19)13-8-9-14(16)20-13/h4-10,18H,2-3H2,1H3,(H,17,19). The molecule has 0 saturated carbocycles. The first-order valence-corrected chi connectivity index (χ1v) is 6.76. The van der Waals surface area contributed by atoms with E-state index in [9.17, 15) is 9.90 Å². The molecule has 1 unspecified atom stereocenters. The lowest BCUT2D eigenvalue weighted by Crippen LogP contribution is -2.32. The summed E-state index contributed by atoms with van der Waals surface area (Å²) in [6.07, 6.45) is 1.62. The van der Waals surface area contributed by atoms with E-state index in [4.69, 9.17) is 16.0 Å². The molecule has 106 valence electrons. The number of amides is 1. The number of phenols is 1. The van der Waals surface area contributed by atoms with Gasteiger partial charge in [0.05, 0.1) is 0 Å². The Hall–Kier alpha value is -1.94. The highest BCUT2D eigenvalue weighted by molar-refractivity contribution is 6.29. The van der Waals surface area contributed by atoms with Crippen molar-refractivity contribution in [1.29, 1.82) is 0 Å². The zero-order valence-corrected chi connectivity index (χ0v) is 11.9. The molecule has 2 N–H and O–H groups in total. The van der Waals surface area contributed by atoms with Gasteiger partial charge in [0, 0.05) is 6.04 Å². The summed E-state index contributed by atoms with van der Waals surface area (Å²) in [7, 11) is 0. The number of aromatic hydroxyl groups is 1. The molecule has 0 spiro atoms. The normalized spacial score (nSPS) is 12.1. The highest BCUT2D eigenvalue weighted by Gasteiger charge is 2.13. The van der Waals surface area contributed by atoms with Crippen LogP contribution in [0.4, 0.5) is 0 Å². The van der Waals surface area contributed by atoms with Gasteiger partial charge in [-0.2, -0.15) is 0 Å². The molecule has 1 amide bonds. The molecule has 0 radical (unpaired) electrons. The summed E-state index contributed by atoms with van der Waals surface area (Å²) >= 11 is 5.63. The molecule has 1 atom stereocenters. The second kappa shape index (κ2) is 6.48. The molecule has 0 aliphatic rings. The molecule has 0 aliphatic carbocycles. The molecule has 0 aliphatic heterocycles. The van der Waals surface area contributed by atoms with Gasteiger partial charge < -0.3 is 14.8 Å². The van der Waals surface area contributed by atoms with Gasteiger partial charge in [-0.05, 0) is 61.2 Å². The van der Waals surface area contributed by atoms with Gasteiger partial charge in [-0.25, -0.2) is 0 Å². The van der Waals surface area contributed by atoms with Crippen LogP contribution < -0.4 is 5.32 Å². The minimum atomic E-state index is -0.268. The van der Waals surface area contributed by atoms with E-state index in [2.05, 4.69) is 5.32 Å². The fraction of sp³-hybridized carbons (Fsp3) is 0.267. The van der Waals surface area contributed by atoms with Crippen molar-refractivity contribution in [1.82, 2.24) is 5.32 Å². The van der Waals surface area contributed by atoms with Crippen molar-refractivity contribution < 1.29 is 14.3 Å². The number of furan rings is 1. The van der Waals surface area contributed by atoms with E-state index in [1.807, 2.05) is 19.1 Å². The number of aryl methyl sites for hydroxylation is 1. The maximum atomic E-state index is 11.8. The zero-order chi connectivity index (χ0) is 14.5. The van der Waals surface area contributed by atoms with E-state index in [1.165, 1.54) is 6.07 Å². The Labute approximate surface area is 122 Å². The maximum Gasteiger partial charge on any atom is 0.287 e. The van der Waals surface area contributed by atoms with Crippen molar-refractivity contribution in [2.45, 2.75) is 25.8 Å². The van der Waals surface area contributed by atoms with Gasteiger partial charge in [0.25, 0.3) is 5.91 Å². The van der Waals surface area contributed by atoms with Gasteiger partial charge in [0.15, 0.2) is 11.0 Å². The fourth-order valence-electron chi connectivity index (χ4n) is 1.85. The first kappa shape index (κ1) is 14.5. The van der Waals surface area contributed by atoms with Crippen LogP contribution in [-0.2, 0) is 6.42 Å². The number of carbonyl (C=O) groups is 1. The Kier molecular flexibility index (Phi) is 4.69. The molecule has 1 heterocycles. The Morgan fingerprint density at radius 1 is 1.30 bits per heavy atom. The van der Waals surface area contributed by atoms with Crippen molar-refractivity contribution >= 4 is 17.5 Å². The summed E-state index contributed by atoms with van der Waals surface area (Å²) in [5, 5.41) is 12.3. The molecule has 2 rings (SSSR count). The van der Waals surface area contributed by atoms with Crippen LogP contribution in [0.2, 0.25) is 5.22 Å². The van der Waals surface area contributed by atoms with Crippen molar-refractivity contribution in [3.8, 4) is 5.75 Å². The number of benzene rings is 1. The minimum absolute atomic E-state index is 0.0141. The van der Waals surface area contributed by atoms with Crippen molar-refractivity contribution in [2.75, 3.05) is 0 Å². The summed E-state index contributed by atoms with van der Waals surface area (Å²) < 4.78 is 5.05. The van der Waals surface area contributed by atoms with E-state index < -0.39 is 0 Å². The molecule has 0 bridgehead atoms. The number of phenolic OH excluding ortho intramolecular Hbond substituents is 1. The van der Waals surface area contributed by atoms with Crippen LogP contribution in [0.5, 0.6) is 5.75 Å². The lowest BCUT2D eigenvalue weighted by atomic mass is 10.1. The first-order chi connectivity index (χ1) is 9.54. The quantitative estimate of drug-likeness (QED) is 0.888. The van der Waals surface area contributed by atoms with Crippen molar-refractivity contribution in [2.24, 2.45) is 0 Å². The Morgan fingerprint density at radius 3 is 2.60 bits per heavy atom. The number of hydrogen-bond acceptors (Lipinski definition) is 3. The fourth-order valence-corrected chi connectivity index (χ4v) is 2.00. The molecule has 1 aromatic heterocycles. The molecule has 1 aromatic carbocycles. The average Bonchev–Trinajstić information content (AvgIpc) is 2.85. The molecular weight excluding hydrogens is 278 g/mol. The largest absolute Gasteiger partial charge is 0.508 e. The smallest absolute Gasteiger partial charge is 0.287 e. The monoisotopic (exact) mass is 293 g/mol. The molecule has 5 heteroatoms. The predicted octanol–water partition coefficient (Wildman–Crippen LogP) is 3.39. The van der Waals surface area contributed by atoms with E-state index in [0.29, 0.717) is 0 Å². The van der Waals surface area contributed by atoms with Crippen LogP contribution in [0.15, 0.2) is 40.8 Å². The second-order valence-electron chi connectivity index (χ2n) is 4.68. The lowest BCUT2D eigenvalue weighted by molar-refractivity contribution is 0.0910. The predicted molar refractivity (Wildman–Crippen MR) is 77.1 cm³/mol. The van der Waals surface area contributed by atoms with E-state index in [1.54, 1.807) is 18.2 Å². The molecule has 20 heavy (non-hydrogen) atoms. The molecule has 0 saturated heterocycles. The zero-order valence-electron chi connectivity index (χ0n) is 11.1. The number of rotatable bonds is 5. The highest BCUT2D eigenvalue weighted by atomic mass is 35.5. The molecule has 0 fully saturated rings. The third kappa shape index (κ3) is 4.03. The summed E-state index contributed by atoms with van der Waals surface area (Å²) in [4.78, 5) is 11.8. The van der Waals surface area contributed by atoms with Gasteiger partial charge in [0.2, 0.25) is 0 Å². The Morgan fingerprint density at radius 2 is 2.00 bits per heavy atom. The van der Waals surface area contributed by atoms with Crippen LogP contribution in [0.3, 0.4) is 0 Å². The first-order valence-electron chi connectivity index (χ1n) is 6.38. The third-order valence-corrected chi connectivity index (χ3v) is 3.18. The van der Waals surface area contributed by atoms with E-state index in [-0.39, 0.29) is 28.7 Å². The van der Waals surface area contributed by atoms with Gasteiger partial charge in [-0.3, -0.25) is 4.79 Å². The summed E-state index contributed by atoms with van der Waals surface area (Å²) in [5.41, 5.74) is 1.12. The number of hydrogen-bond donors (Lipinski definition) is 2. The van der Waals surface area contributed by atoms with Crippen LogP contribution >= 0.6 is 11.6 Å². The molecular formula is C15H16ClNO3. The highest BCUT2D eigenvalue weighted by Crippen LogP contribution is 2.14. The maximum absolute atomic E-state index is 11.8. The third-order valence-electron chi connectivity index (χ3n) is 2.98. The van der Waals surface area contributed by atoms with Crippen LogP contribution in [0.25, 0.3) is 0 Å². The molecule has 4 nitrogen and oxygen atoms in total. The summed E-state index contributed by atoms with van der Waals surface area (Å²) in [6.45, 7) is 1.93. The van der Waals surface area contributed by atoms with Gasteiger partial charge in [0.1, 0.15) is 5.75 Å². The van der Waals surface area contributed by atoms with Crippen LogP contribution in [0, 0.1) is 0 Å². The topological polar surface area (TPSA) is 62.5 Å².